The fourth-order valence-corrected chi connectivity index (χ4v) is 6.47. The zero-order valence-electron chi connectivity index (χ0n) is 18.1. The van der Waals surface area contributed by atoms with Crippen LogP contribution in [0.5, 0.6) is 0 Å². The summed E-state index contributed by atoms with van der Waals surface area (Å²) in [5.41, 5.74) is 2.87. The molecule has 1 aliphatic heterocycles. The van der Waals surface area contributed by atoms with Crippen molar-refractivity contribution in [1.29, 1.82) is 0 Å². The van der Waals surface area contributed by atoms with Crippen LogP contribution in [0.4, 0.5) is 0 Å². The summed E-state index contributed by atoms with van der Waals surface area (Å²) < 4.78 is 58.3. The average Bonchev–Trinajstić information content (AvgIpc) is 3.15. The second-order valence-corrected chi connectivity index (χ2v) is 11.9. The van der Waals surface area contributed by atoms with E-state index in [1.165, 1.54) is 4.31 Å². The topological polar surface area (TPSA) is 88.5 Å². The molecule has 0 saturated carbocycles. The highest BCUT2D eigenvalue weighted by Crippen LogP contribution is 2.26. The lowest BCUT2D eigenvalue weighted by molar-refractivity contribution is 0.392. The van der Waals surface area contributed by atoms with Crippen LogP contribution in [0.25, 0.3) is 0 Å². The van der Waals surface area contributed by atoms with E-state index in [1.54, 1.807) is 48.5 Å². The lowest BCUT2D eigenvalue weighted by atomic mass is 10.1. The van der Waals surface area contributed by atoms with Crippen LogP contribution in [0.3, 0.4) is 0 Å². The van der Waals surface area contributed by atoms with E-state index in [4.69, 9.17) is 0 Å². The number of aryl methyl sites for hydroxylation is 2. The molecule has 0 spiro atoms. The second-order valence-electron chi connectivity index (χ2n) is 8.16. The predicted octanol–water partition coefficient (Wildman–Crippen LogP) is 2.87. The molecule has 1 atom stereocenters. The fraction of sp³-hybridized carbons (Fsp3) is 0.304. The average molecular weight is 474 g/mol. The van der Waals surface area contributed by atoms with Crippen LogP contribution in [0.1, 0.15) is 22.7 Å². The Morgan fingerprint density at radius 2 is 1.44 bits per heavy atom. The van der Waals surface area contributed by atoms with Crippen molar-refractivity contribution in [2.75, 3.05) is 19.6 Å². The third-order valence-electron chi connectivity index (χ3n) is 5.81. The molecular formula is C23H27N3O4S2. The van der Waals surface area contributed by atoms with Crippen LogP contribution in [0.2, 0.25) is 0 Å². The van der Waals surface area contributed by atoms with Gasteiger partial charge in [-0.05, 0) is 50.2 Å². The Balaban J connectivity index is 1.58. The van der Waals surface area contributed by atoms with Crippen molar-refractivity contribution >= 4 is 20.0 Å². The van der Waals surface area contributed by atoms with Gasteiger partial charge < -0.3 is 4.57 Å². The molecule has 3 aromatic rings. The van der Waals surface area contributed by atoms with Gasteiger partial charge in [0.2, 0.25) is 20.0 Å². The normalized spacial score (nSPS) is 17.6. The van der Waals surface area contributed by atoms with Crippen molar-refractivity contribution in [1.82, 2.24) is 13.6 Å². The molecule has 0 amide bonds. The Hall–Kier alpha value is -2.46. The van der Waals surface area contributed by atoms with Crippen LogP contribution < -0.4 is 4.72 Å². The molecule has 4 rings (SSSR count). The largest absolute Gasteiger partial charge is 0.350 e. The molecule has 2 heterocycles. The first-order valence-corrected chi connectivity index (χ1v) is 13.4. The van der Waals surface area contributed by atoms with E-state index in [0.717, 1.165) is 16.8 Å². The molecule has 0 bridgehead atoms. The first-order chi connectivity index (χ1) is 15.2. The quantitative estimate of drug-likeness (QED) is 0.596. The van der Waals surface area contributed by atoms with E-state index in [2.05, 4.69) is 4.72 Å². The van der Waals surface area contributed by atoms with Gasteiger partial charge in [0.25, 0.3) is 0 Å². The number of nitrogens with zero attached hydrogens (tertiary/aromatic N) is 2. The Labute approximate surface area is 189 Å². The Morgan fingerprint density at radius 1 is 0.844 bits per heavy atom. The van der Waals surface area contributed by atoms with Gasteiger partial charge in [0.05, 0.1) is 9.79 Å². The fourth-order valence-electron chi connectivity index (χ4n) is 3.91. The molecule has 1 aromatic heterocycles. The van der Waals surface area contributed by atoms with Crippen LogP contribution >= 0.6 is 0 Å². The van der Waals surface area contributed by atoms with E-state index in [1.807, 2.05) is 36.7 Å². The molecule has 0 radical (unpaired) electrons. The summed E-state index contributed by atoms with van der Waals surface area (Å²) in [6, 6.07) is 17.3. The molecule has 0 saturated heterocycles. The summed E-state index contributed by atoms with van der Waals surface area (Å²) in [6.07, 6.45) is 1.90. The lowest BCUT2D eigenvalue weighted by Crippen LogP contribution is -2.38. The summed E-state index contributed by atoms with van der Waals surface area (Å²) in [7, 11) is -7.41. The maximum atomic E-state index is 13.3. The van der Waals surface area contributed by atoms with Gasteiger partial charge in [0.15, 0.2) is 0 Å². The summed E-state index contributed by atoms with van der Waals surface area (Å²) in [6.45, 7) is 4.92. The molecule has 170 valence electrons. The number of hydrogen-bond acceptors (Lipinski definition) is 4. The molecule has 1 unspecified atom stereocenters. The maximum Gasteiger partial charge on any atom is 0.243 e. The van der Waals surface area contributed by atoms with Crippen LogP contribution in [0, 0.1) is 13.8 Å². The van der Waals surface area contributed by atoms with Crippen molar-refractivity contribution in [2.24, 2.45) is 0 Å². The molecule has 1 N–H and O–H groups in total. The van der Waals surface area contributed by atoms with Crippen molar-refractivity contribution < 1.29 is 16.8 Å². The van der Waals surface area contributed by atoms with E-state index < -0.39 is 20.0 Å². The zero-order valence-corrected chi connectivity index (χ0v) is 19.7. The van der Waals surface area contributed by atoms with E-state index in [-0.39, 0.29) is 28.8 Å². The van der Waals surface area contributed by atoms with Crippen LogP contribution in [-0.4, -0.2) is 45.3 Å². The molecule has 0 fully saturated rings. The minimum Gasteiger partial charge on any atom is -0.350 e. The van der Waals surface area contributed by atoms with Crippen LogP contribution in [-0.2, 0) is 26.6 Å². The lowest BCUT2D eigenvalue weighted by Gasteiger charge is -2.24. The van der Waals surface area contributed by atoms with Crippen molar-refractivity contribution in [2.45, 2.75) is 36.1 Å². The first kappa shape index (κ1) is 22.7. The van der Waals surface area contributed by atoms with Gasteiger partial charge in [-0.1, -0.05) is 35.4 Å². The smallest absolute Gasteiger partial charge is 0.243 e. The third kappa shape index (κ3) is 4.66. The molecule has 2 aromatic carbocycles. The van der Waals surface area contributed by atoms with Crippen molar-refractivity contribution in [3.8, 4) is 0 Å². The molecule has 0 aliphatic carbocycles. The minimum absolute atomic E-state index is 0.0974. The Bertz CT molecular complexity index is 1300. The molecule has 1 aliphatic rings. The maximum absolute atomic E-state index is 13.3. The van der Waals surface area contributed by atoms with Gasteiger partial charge in [-0.3, -0.25) is 0 Å². The second kappa shape index (κ2) is 8.82. The first-order valence-electron chi connectivity index (χ1n) is 10.4. The van der Waals surface area contributed by atoms with E-state index in [9.17, 15) is 16.8 Å². The van der Waals surface area contributed by atoms with Crippen molar-refractivity contribution in [3.63, 3.8) is 0 Å². The van der Waals surface area contributed by atoms with Gasteiger partial charge >= 0.3 is 0 Å². The number of fused-ring (bicyclic) bond motifs is 1. The number of aromatic nitrogens is 1. The number of hydrogen-bond donors (Lipinski definition) is 1. The summed E-state index contributed by atoms with van der Waals surface area (Å²) >= 11 is 0. The highest BCUT2D eigenvalue weighted by atomic mass is 32.2. The minimum atomic E-state index is -3.71. The van der Waals surface area contributed by atoms with E-state index >= 15 is 0 Å². The Morgan fingerprint density at radius 3 is 2.06 bits per heavy atom. The monoisotopic (exact) mass is 473 g/mol. The van der Waals surface area contributed by atoms with Gasteiger partial charge in [-0.15, -0.1) is 0 Å². The molecule has 32 heavy (non-hydrogen) atoms. The van der Waals surface area contributed by atoms with Gasteiger partial charge in [-0.2, -0.15) is 4.31 Å². The van der Waals surface area contributed by atoms with Gasteiger partial charge in [0, 0.05) is 44.0 Å². The Kier molecular flexibility index (Phi) is 6.26. The zero-order chi connectivity index (χ0) is 22.9. The summed E-state index contributed by atoms with van der Waals surface area (Å²) in [5, 5.41) is 0. The number of rotatable bonds is 6. The van der Waals surface area contributed by atoms with Crippen LogP contribution in [0.15, 0.2) is 76.7 Å². The highest BCUT2D eigenvalue weighted by molar-refractivity contribution is 7.89. The van der Waals surface area contributed by atoms with Gasteiger partial charge in [0.1, 0.15) is 0 Å². The number of nitrogens with one attached hydrogen (secondary N) is 1. The molecular weight excluding hydrogens is 446 g/mol. The van der Waals surface area contributed by atoms with E-state index in [0.29, 0.717) is 13.1 Å². The SMILES string of the molecule is Cc1ccc(S(=O)(=O)NCC2CN(S(=O)(=O)c3ccc(C)cc3)CCn3cccc32)cc1. The highest BCUT2D eigenvalue weighted by Gasteiger charge is 2.32. The third-order valence-corrected chi connectivity index (χ3v) is 9.13. The molecule has 7 nitrogen and oxygen atoms in total. The van der Waals surface area contributed by atoms with Gasteiger partial charge in [-0.25, -0.2) is 21.6 Å². The predicted molar refractivity (Wildman–Crippen MR) is 123 cm³/mol. The van der Waals surface area contributed by atoms with Crippen molar-refractivity contribution in [3.05, 3.63) is 83.7 Å². The number of benzene rings is 2. The standard InChI is InChI=1S/C23H27N3O4S2/c1-18-5-9-21(10-6-18)31(27,28)24-16-20-17-26(15-14-25-13-3-4-23(20)25)32(29,30)22-11-7-19(2)8-12-22/h3-13,20,24H,14-17H2,1-2H3. The summed E-state index contributed by atoms with van der Waals surface area (Å²) in [4.78, 5) is 0.435. The molecule has 9 heteroatoms. The number of sulfonamides is 2. The summed E-state index contributed by atoms with van der Waals surface area (Å²) in [5.74, 6) is -0.326.